The van der Waals surface area contributed by atoms with Crippen LogP contribution in [0.25, 0.3) is 0 Å². The van der Waals surface area contributed by atoms with Crippen LogP contribution in [0.2, 0.25) is 5.02 Å². The fourth-order valence-corrected chi connectivity index (χ4v) is 6.75. The van der Waals surface area contributed by atoms with Crippen LogP contribution in [0.3, 0.4) is 0 Å². The Morgan fingerprint density at radius 2 is 1.70 bits per heavy atom. The van der Waals surface area contributed by atoms with E-state index in [0.717, 1.165) is 5.56 Å². The zero-order valence-corrected chi connectivity index (χ0v) is 22.8. The molecule has 0 aliphatic carbocycles. The van der Waals surface area contributed by atoms with Gasteiger partial charge < -0.3 is 24.5 Å². The lowest BCUT2D eigenvalue weighted by Gasteiger charge is -2.35. The van der Waals surface area contributed by atoms with Crippen molar-refractivity contribution in [2.75, 3.05) is 31.1 Å². The molecule has 2 aromatic carbocycles. The van der Waals surface area contributed by atoms with Crippen molar-refractivity contribution in [3.63, 3.8) is 0 Å². The Morgan fingerprint density at radius 3 is 2.45 bits per heavy atom. The van der Waals surface area contributed by atoms with E-state index in [2.05, 4.69) is 0 Å². The molecule has 3 amide bonds. The summed E-state index contributed by atoms with van der Waals surface area (Å²) in [7, 11) is 0. The fourth-order valence-electron chi connectivity index (χ4n) is 6.62. The third-order valence-electron chi connectivity index (χ3n) is 8.40. The summed E-state index contributed by atoms with van der Waals surface area (Å²) in [5, 5.41) is 9.96. The number of hydrogen-bond donors (Lipinski definition) is 1. The average molecular weight is 562 g/mol. The summed E-state index contributed by atoms with van der Waals surface area (Å²) >= 11 is 6.10. The van der Waals surface area contributed by atoms with Crippen molar-refractivity contribution in [3.05, 3.63) is 89.5 Å². The van der Waals surface area contributed by atoms with Crippen LogP contribution in [-0.4, -0.2) is 76.6 Å². The summed E-state index contributed by atoms with van der Waals surface area (Å²) in [5.74, 6) is -2.25. The summed E-state index contributed by atoms with van der Waals surface area (Å²) in [6.45, 7) is 1.41. The Morgan fingerprint density at radius 1 is 0.925 bits per heavy atom. The minimum absolute atomic E-state index is 0.00898. The molecule has 0 bridgehead atoms. The van der Waals surface area contributed by atoms with E-state index in [9.17, 15) is 19.5 Å². The van der Waals surface area contributed by atoms with Gasteiger partial charge in [0, 0.05) is 43.5 Å². The van der Waals surface area contributed by atoms with Gasteiger partial charge in [-0.25, -0.2) is 0 Å². The number of halogens is 1. The highest BCUT2D eigenvalue weighted by Crippen LogP contribution is 2.53. The Bertz CT molecular complexity index is 1350. The van der Waals surface area contributed by atoms with Gasteiger partial charge in [0.15, 0.2) is 0 Å². The minimum atomic E-state index is -1.28. The Kier molecular flexibility index (Phi) is 7.25. The van der Waals surface area contributed by atoms with Crippen LogP contribution in [0, 0.1) is 11.8 Å². The molecule has 208 valence electrons. The predicted molar refractivity (Wildman–Crippen MR) is 150 cm³/mol. The summed E-state index contributed by atoms with van der Waals surface area (Å²) < 4.78 is 6.69. The van der Waals surface area contributed by atoms with E-state index in [4.69, 9.17) is 16.3 Å². The maximum atomic E-state index is 14.3. The molecule has 8 nitrogen and oxygen atoms in total. The number of unbranched alkanes of at least 4 members (excludes halogenated alkanes) is 1. The van der Waals surface area contributed by atoms with Crippen LogP contribution in [-0.2, 0) is 25.7 Å². The maximum absolute atomic E-state index is 14.3. The van der Waals surface area contributed by atoms with E-state index in [-0.39, 0.29) is 30.9 Å². The van der Waals surface area contributed by atoms with Crippen molar-refractivity contribution in [2.24, 2.45) is 11.8 Å². The van der Waals surface area contributed by atoms with Crippen LogP contribution >= 0.6 is 11.6 Å². The lowest BCUT2D eigenvalue weighted by Crippen LogP contribution is -2.55. The Balaban J connectivity index is 1.38. The molecule has 9 heteroatoms. The summed E-state index contributed by atoms with van der Waals surface area (Å²) in [6, 6.07) is 15.8. The smallest absolute Gasteiger partial charge is 0.253 e. The second-order valence-electron chi connectivity index (χ2n) is 10.8. The van der Waals surface area contributed by atoms with E-state index in [1.54, 1.807) is 39.0 Å². The summed E-state index contributed by atoms with van der Waals surface area (Å²) in [6.07, 6.45) is 7.91. The van der Waals surface area contributed by atoms with Gasteiger partial charge in [-0.2, -0.15) is 0 Å². The highest BCUT2D eigenvalue weighted by Gasteiger charge is 2.71. The number of hydrogen-bond acceptors (Lipinski definition) is 5. The van der Waals surface area contributed by atoms with Gasteiger partial charge in [-0.15, -0.1) is 0 Å². The molecule has 5 atom stereocenters. The number of ether oxygens (including phenoxy) is 1. The molecule has 4 aliphatic heterocycles. The van der Waals surface area contributed by atoms with Gasteiger partial charge in [0.2, 0.25) is 11.8 Å². The Hall–Kier alpha value is -3.46. The van der Waals surface area contributed by atoms with Crippen LogP contribution in [0.15, 0.2) is 78.9 Å². The monoisotopic (exact) mass is 561 g/mol. The first kappa shape index (κ1) is 26.7. The number of aliphatic hydroxyl groups excluding tert-OH is 1. The van der Waals surface area contributed by atoms with Gasteiger partial charge in [-0.05, 0) is 42.7 Å². The zero-order valence-electron chi connectivity index (χ0n) is 22.1. The molecule has 4 aliphatic rings. The lowest BCUT2D eigenvalue weighted by atomic mass is 9.77. The van der Waals surface area contributed by atoms with E-state index in [1.807, 2.05) is 54.6 Å². The number of aliphatic hydroxyl groups is 1. The SMILES string of the molecule is O=C1[C@@H]2[C@H](C=CCN1Cc1ccccc1)O[C@]13C=CCN(c4ccc(Cl)cc4)C(=O)C1N(CCCCO)C(=O)[C@H]23. The van der Waals surface area contributed by atoms with Crippen LogP contribution < -0.4 is 4.90 Å². The Labute approximate surface area is 238 Å². The van der Waals surface area contributed by atoms with Crippen molar-refractivity contribution in [2.45, 2.75) is 37.1 Å². The van der Waals surface area contributed by atoms with Crippen molar-refractivity contribution >= 4 is 35.0 Å². The first-order chi connectivity index (χ1) is 19.4. The normalized spacial score (nSPS) is 29.4. The topological polar surface area (TPSA) is 90.4 Å². The number of benzene rings is 2. The summed E-state index contributed by atoms with van der Waals surface area (Å²) in [4.78, 5) is 47.6. The number of carbonyl (C=O) groups excluding carboxylic acids is 3. The third-order valence-corrected chi connectivity index (χ3v) is 8.66. The highest BCUT2D eigenvalue weighted by atomic mass is 35.5. The molecule has 6 rings (SSSR count). The van der Waals surface area contributed by atoms with Crippen molar-refractivity contribution in [3.8, 4) is 0 Å². The quantitative estimate of drug-likeness (QED) is 0.414. The van der Waals surface area contributed by atoms with Crippen molar-refractivity contribution in [1.29, 1.82) is 0 Å². The number of fused-ring (bicyclic) bond motifs is 2. The molecule has 0 radical (unpaired) electrons. The molecule has 40 heavy (non-hydrogen) atoms. The molecule has 2 saturated heterocycles. The van der Waals surface area contributed by atoms with E-state index in [1.165, 1.54) is 0 Å². The standard InChI is InChI=1S/C31H32ClN3O5/c32-22-11-13-23(14-12-22)34-18-7-15-31-26(29(38)35(17-4-5-19-36)27(31)30(34)39)25-24(40-31)10-6-16-33(28(25)37)20-21-8-2-1-3-9-21/h1-3,6-15,24-27,36H,4-5,16-20H2/t24-,25+,26-,27?,31-/m0/s1. The second-order valence-corrected chi connectivity index (χ2v) is 11.2. The molecule has 4 heterocycles. The summed E-state index contributed by atoms with van der Waals surface area (Å²) in [5.41, 5.74) is 0.389. The van der Waals surface area contributed by atoms with Crippen LogP contribution in [0.1, 0.15) is 18.4 Å². The van der Waals surface area contributed by atoms with Gasteiger partial charge in [0.25, 0.3) is 5.91 Å². The van der Waals surface area contributed by atoms with E-state index in [0.29, 0.717) is 43.2 Å². The van der Waals surface area contributed by atoms with Crippen molar-refractivity contribution in [1.82, 2.24) is 9.80 Å². The van der Waals surface area contributed by atoms with Crippen molar-refractivity contribution < 1.29 is 24.2 Å². The molecule has 1 spiro atoms. The molecule has 2 aromatic rings. The predicted octanol–water partition coefficient (Wildman–Crippen LogP) is 3.19. The minimum Gasteiger partial charge on any atom is -0.396 e. The molecule has 0 saturated carbocycles. The van der Waals surface area contributed by atoms with Crippen LogP contribution in [0.4, 0.5) is 5.69 Å². The number of nitrogens with zero attached hydrogens (tertiary/aromatic N) is 3. The second kappa shape index (κ2) is 10.8. The molecule has 0 aromatic heterocycles. The third kappa shape index (κ3) is 4.44. The largest absolute Gasteiger partial charge is 0.396 e. The van der Waals surface area contributed by atoms with Gasteiger partial charge in [0.1, 0.15) is 11.6 Å². The first-order valence-electron chi connectivity index (χ1n) is 13.8. The molecular weight excluding hydrogens is 530 g/mol. The zero-order chi connectivity index (χ0) is 27.9. The number of rotatable bonds is 7. The number of anilines is 1. The van der Waals surface area contributed by atoms with Gasteiger partial charge >= 0.3 is 0 Å². The first-order valence-corrected chi connectivity index (χ1v) is 14.2. The van der Waals surface area contributed by atoms with Gasteiger partial charge in [-0.3, -0.25) is 14.4 Å². The molecule has 1 unspecified atom stereocenters. The lowest BCUT2D eigenvalue weighted by molar-refractivity contribution is -0.144. The number of carbonyl (C=O) groups is 3. The highest BCUT2D eigenvalue weighted by molar-refractivity contribution is 6.30. The molecule has 2 fully saturated rings. The molecular formula is C31H32ClN3O5. The van der Waals surface area contributed by atoms with Gasteiger partial charge in [-0.1, -0.05) is 66.2 Å². The van der Waals surface area contributed by atoms with E-state index >= 15 is 0 Å². The van der Waals surface area contributed by atoms with E-state index < -0.39 is 29.6 Å². The number of likely N-dealkylation sites (tertiary alicyclic amines) is 1. The fraction of sp³-hybridized carbons (Fsp3) is 0.387. The average Bonchev–Trinajstić information content (AvgIpc) is 3.27. The maximum Gasteiger partial charge on any atom is 0.253 e. The molecule has 1 N–H and O–H groups in total. The van der Waals surface area contributed by atoms with Crippen LogP contribution in [0.5, 0.6) is 0 Å². The van der Waals surface area contributed by atoms with Gasteiger partial charge in [0.05, 0.1) is 17.9 Å². The number of amides is 3.